The van der Waals surface area contributed by atoms with Crippen molar-refractivity contribution in [1.82, 2.24) is 4.98 Å². The minimum Gasteiger partial charge on any atom is -0.353 e. The Morgan fingerprint density at radius 2 is 2.06 bits per heavy atom. The molecule has 1 aromatic carbocycles. The Balaban J connectivity index is 2.29. The molecule has 0 amide bonds. The maximum absolute atomic E-state index is 8.99. The third kappa shape index (κ3) is 2.67. The molecule has 1 N–H and O–H groups in total. The van der Waals surface area contributed by atoms with Crippen LogP contribution in [0.1, 0.15) is 31.0 Å². The summed E-state index contributed by atoms with van der Waals surface area (Å²) in [4.78, 5) is 4.03. The van der Waals surface area contributed by atoms with Crippen LogP contribution in [0.3, 0.4) is 0 Å². The zero-order valence-electron chi connectivity index (χ0n) is 10.5. The number of rotatable bonds is 3. The highest BCUT2D eigenvalue weighted by molar-refractivity contribution is 5.64. The molecule has 2 rings (SSSR count). The molecule has 0 saturated heterocycles. The lowest BCUT2D eigenvalue weighted by Gasteiger charge is -2.10. The quantitative estimate of drug-likeness (QED) is 0.882. The maximum atomic E-state index is 8.99. The number of benzene rings is 1. The molecular formula is C15H15N3. The van der Waals surface area contributed by atoms with Crippen LogP contribution in [0, 0.1) is 11.3 Å². The predicted molar refractivity (Wildman–Crippen MR) is 72.8 cm³/mol. The van der Waals surface area contributed by atoms with Crippen molar-refractivity contribution in [3.63, 3.8) is 0 Å². The third-order valence-corrected chi connectivity index (χ3v) is 2.75. The predicted octanol–water partition coefficient (Wildman–Crippen LogP) is 3.82. The van der Waals surface area contributed by atoms with Gasteiger partial charge in [0.05, 0.1) is 5.69 Å². The van der Waals surface area contributed by atoms with Gasteiger partial charge in [-0.2, -0.15) is 5.26 Å². The van der Waals surface area contributed by atoms with Gasteiger partial charge >= 0.3 is 0 Å². The molecule has 0 atom stereocenters. The Hall–Kier alpha value is -2.34. The van der Waals surface area contributed by atoms with Crippen molar-refractivity contribution in [2.75, 3.05) is 5.32 Å². The van der Waals surface area contributed by atoms with E-state index in [2.05, 4.69) is 42.4 Å². The van der Waals surface area contributed by atoms with Crippen molar-refractivity contribution >= 4 is 11.4 Å². The van der Waals surface area contributed by atoms with Crippen LogP contribution in [0.15, 0.2) is 42.6 Å². The second-order valence-corrected chi connectivity index (χ2v) is 4.42. The monoisotopic (exact) mass is 237 g/mol. The van der Waals surface area contributed by atoms with Gasteiger partial charge in [-0.15, -0.1) is 0 Å². The number of nitrogens with zero attached hydrogens (tertiary/aromatic N) is 2. The molecule has 3 heteroatoms. The molecule has 18 heavy (non-hydrogen) atoms. The van der Waals surface area contributed by atoms with Crippen LogP contribution in [0.25, 0.3) is 0 Å². The molecule has 0 aliphatic rings. The highest BCUT2D eigenvalue weighted by Gasteiger charge is 2.04. The van der Waals surface area contributed by atoms with Crippen molar-refractivity contribution < 1.29 is 0 Å². The van der Waals surface area contributed by atoms with Crippen LogP contribution < -0.4 is 5.32 Å². The lowest BCUT2D eigenvalue weighted by molar-refractivity contribution is 0.867. The van der Waals surface area contributed by atoms with Crippen LogP contribution in [-0.2, 0) is 0 Å². The molecule has 0 radical (unpaired) electrons. The average molecular weight is 237 g/mol. The Morgan fingerprint density at radius 3 is 2.78 bits per heavy atom. The minimum absolute atomic E-state index is 0.410. The number of pyridine rings is 1. The normalized spacial score (nSPS) is 10.1. The van der Waals surface area contributed by atoms with Crippen molar-refractivity contribution in [3.8, 4) is 6.07 Å². The topological polar surface area (TPSA) is 48.7 Å². The first-order chi connectivity index (χ1) is 8.70. The van der Waals surface area contributed by atoms with Gasteiger partial charge in [-0.05, 0) is 35.7 Å². The van der Waals surface area contributed by atoms with Gasteiger partial charge in [0.1, 0.15) is 6.07 Å². The fourth-order valence-corrected chi connectivity index (χ4v) is 1.73. The third-order valence-electron chi connectivity index (χ3n) is 2.75. The van der Waals surface area contributed by atoms with Gasteiger partial charge in [-0.1, -0.05) is 26.0 Å². The lowest BCUT2D eigenvalue weighted by Crippen LogP contribution is -1.96. The van der Waals surface area contributed by atoms with Crippen molar-refractivity contribution in [3.05, 3.63) is 53.9 Å². The van der Waals surface area contributed by atoms with E-state index in [9.17, 15) is 0 Å². The second kappa shape index (κ2) is 5.33. The Labute approximate surface area is 107 Å². The minimum atomic E-state index is 0.410. The van der Waals surface area contributed by atoms with E-state index in [1.807, 2.05) is 24.3 Å². The molecule has 0 saturated carbocycles. The summed E-state index contributed by atoms with van der Waals surface area (Å²) in [6.45, 7) is 4.31. The van der Waals surface area contributed by atoms with E-state index in [1.54, 1.807) is 6.20 Å². The molecule has 1 aromatic heterocycles. The number of hydrogen-bond donors (Lipinski definition) is 1. The van der Waals surface area contributed by atoms with Gasteiger partial charge in [-0.25, -0.2) is 4.98 Å². The molecule has 0 aliphatic carbocycles. The summed E-state index contributed by atoms with van der Waals surface area (Å²) in [6.07, 6.45) is 1.62. The lowest BCUT2D eigenvalue weighted by atomic mass is 10.0. The smallest absolute Gasteiger partial charge is 0.163 e. The molecule has 0 spiro atoms. The van der Waals surface area contributed by atoms with E-state index >= 15 is 0 Å². The van der Waals surface area contributed by atoms with Gasteiger partial charge in [0, 0.05) is 11.9 Å². The first-order valence-corrected chi connectivity index (χ1v) is 5.93. The number of nitrogens with one attached hydrogen (secondary N) is 1. The average Bonchev–Trinajstić information content (AvgIpc) is 2.39. The number of hydrogen-bond acceptors (Lipinski definition) is 3. The van der Waals surface area contributed by atoms with Gasteiger partial charge < -0.3 is 5.32 Å². The van der Waals surface area contributed by atoms with Gasteiger partial charge in [0.25, 0.3) is 0 Å². The van der Waals surface area contributed by atoms with E-state index in [4.69, 9.17) is 5.26 Å². The SMILES string of the molecule is CC(C)c1cccc(Nc2cccnc2C#N)c1. The van der Waals surface area contributed by atoms with E-state index in [0.717, 1.165) is 11.4 Å². The Kier molecular flexibility index (Phi) is 3.59. The fourth-order valence-electron chi connectivity index (χ4n) is 1.73. The van der Waals surface area contributed by atoms with Crippen LogP contribution in [-0.4, -0.2) is 4.98 Å². The first kappa shape index (κ1) is 12.1. The highest BCUT2D eigenvalue weighted by atomic mass is 14.9. The van der Waals surface area contributed by atoms with Crippen LogP contribution in [0.4, 0.5) is 11.4 Å². The molecular weight excluding hydrogens is 222 g/mol. The van der Waals surface area contributed by atoms with E-state index < -0.39 is 0 Å². The van der Waals surface area contributed by atoms with Crippen LogP contribution in [0.2, 0.25) is 0 Å². The van der Waals surface area contributed by atoms with Crippen LogP contribution >= 0.6 is 0 Å². The van der Waals surface area contributed by atoms with E-state index in [1.165, 1.54) is 5.56 Å². The molecule has 2 aromatic rings. The summed E-state index contributed by atoms with van der Waals surface area (Å²) in [5.74, 6) is 0.482. The largest absolute Gasteiger partial charge is 0.353 e. The fraction of sp³-hybridized carbons (Fsp3) is 0.200. The zero-order valence-corrected chi connectivity index (χ0v) is 10.5. The standard InChI is InChI=1S/C15H15N3/c1-11(2)12-5-3-6-13(9-12)18-14-7-4-8-17-15(14)10-16/h3-9,11,18H,1-2H3. The number of nitriles is 1. The van der Waals surface area contributed by atoms with E-state index in [-0.39, 0.29) is 0 Å². The molecule has 3 nitrogen and oxygen atoms in total. The van der Waals surface area contributed by atoms with Crippen molar-refractivity contribution in [2.45, 2.75) is 19.8 Å². The summed E-state index contributed by atoms with van der Waals surface area (Å²) < 4.78 is 0. The zero-order chi connectivity index (χ0) is 13.0. The maximum Gasteiger partial charge on any atom is 0.163 e. The number of aromatic nitrogens is 1. The second-order valence-electron chi connectivity index (χ2n) is 4.42. The number of anilines is 2. The summed E-state index contributed by atoms with van der Waals surface area (Å²) in [6, 6.07) is 13.9. The summed E-state index contributed by atoms with van der Waals surface area (Å²) in [7, 11) is 0. The molecule has 90 valence electrons. The summed E-state index contributed by atoms with van der Waals surface area (Å²) in [5, 5.41) is 12.2. The molecule has 0 aliphatic heterocycles. The Morgan fingerprint density at radius 1 is 1.22 bits per heavy atom. The van der Waals surface area contributed by atoms with Crippen molar-refractivity contribution in [1.29, 1.82) is 5.26 Å². The van der Waals surface area contributed by atoms with Gasteiger partial charge in [0.2, 0.25) is 0 Å². The van der Waals surface area contributed by atoms with Gasteiger partial charge in [0.15, 0.2) is 5.69 Å². The van der Waals surface area contributed by atoms with Crippen LogP contribution in [0.5, 0.6) is 0 Å². The summed E-state index contributed by atoms with van der Waals surface area (Å²) in [5.41, 5.74) is 3.39. The van der Waals surface area contributed by atoms with Gasteiger partial charge in [-0.3, -0.25) is 0 Å². The summed E-state index contributed by atoms with van der Waals surface area (Å²) >= 11 is 0. The van der Waals surface area contributed by atoms with Crippen molar-refractivity contribution in [2.24, 2.45) is 0 Å². The molecule has 0 bridgehead atoms. The van der Waals surface area contributed by atoms with E-state index in [0.29, 0.717) is 11.6 Å². The first-order valence-electron chi connectivity index (χ1n) is 5.93. The molecule has 0 fully saturated rings. The molecule has 1 heterocycles. The Bertz CT molecular complexity index is 582. The molecule has 0 unspecified atom stereocenters. The highest BCUT2D eigenvalue weighted by Crippen LogP contribution is 2.22.